The standard InChI is InChI=1S/C26H28N8O5S/c1-31-7-6-27-22(35)10-16-11-33(25(37)19-13-32-8-9-40-26(32)28-19)14-20(16)34-12-17(29-30-34)15-39-23-18(24(31)36)4-3-5-21(23)38-2/h3-5,8-9,12-13,16,20H,6-7,10-11,14-15H2,1-2H3,(H,27,35)/t16-,20+/m0/s1. The van der Waals surface area contributed by atoms with Crippen LogP contribution in [0.15, 0.2) is 42.2 Å². The van der Waals surface area contributed by atoms with Crippen LogP contribution < -0.4 is 14.8 Å². The maximum Gasteiger partial charge on any atom is 0.274 e. The van der Waals surface area contributed by atoms with Crippen LogP contribution in [-0.4, -0.2) is 92.2 Å². The number of likely N-dealkylation sites (N-methyl/N-ethyl adjacent to an activating group) is 1. The van der Waals surface area contributed by atoms with E-state index in [0.29, 0.717) is 48.1 Å². The van der Waals surface area contributed by atoms with E-state index in [1.807, 2.05) is 16.0 Å². The molecule has 2 bridgehead atoms. The topological polar surface area (TPSA) is 136 Å². The summed E-state index contributed by atoms with van der Waals surface area (Å²) in [7, 11) is 3.18. The second kappa shape index (κ2) is 10.6. The molecular weight excluding hydrogens is 536 g/mol. The van der Waals surface area contributed by atoms with Crippen molar-refractivity contribution in [3.05, 3.63) is 59.1 Å². The average Bonchev–Trinajstić information content (AvgIpc) is 3.74. The van der Waals surface area contributed by atoms with Crippen molar-refractivity contribution < 1.29 is 23.9 Å². The smallest absolute Gasteiger partial charge is 0.274 e. The Labute approximate surface area is 233 Å². The number of ether oxygens (including phenoxy) is 2. The number of carbonyl (C=O) groups is 3. The van der Waals surface area contributed by atoms with Crippen molar-refractivity contribution in [2.45, 2.75) is 19.1 Å². The van der Waals surface area contributed by atoms with E-state index >= 15 is 0 Å². The first-order valence-electron chi connectivity index (χ1n) is 12.9. The van der Waals surface area contributed by atoms with Gasteiger partial charge in [0, 0.05) is 63.3 Å². The van der Waals surface area contributed by atoms with Gasteiger partial charge in [0.05, 0.1) is 24.9 Å². The molecule has 1 fully saturated rings. The molecule has 0 spiro atoms. The molecule has 2 aliphatic heterocycles. The predicted octanol–water partition coefficient (Wildman–Crippen LogP) is 1.48. The zero-order valence-electron chi connectivity index (χ0n) is 22.0. The van der Waals surface area contributed by atoms with Crippen molar-refractivity contribution in [2.24, 2.45) is 5.92 Å². The van der Waals surface area contributed by atoms with Crippen LogP contribution in [0.2, 0.25) is 0 Å². The van der Waals surface area contributed by atoms with Crippen LogP contribution in [-0.2, 0) is 11.4 Å². The fourth-order valence-electron chi connectivity index (χ4n) is 5.17. The molecule has 0 unspecified atom stereocenters. The van der Waals surface area contributed by atoms with Crippen LogP contribution >= 0.6 is 11.3 Å². The number of fused-ring (bicyclic) bond motifs is 6. The highest BCUT2D eigenvalue weighted by Gasteiger charge is 2.39. The summed E-state index contributed by atoms with van der Waals surface area (Å²) in [5.74, 6) is -0.0831. The number of methoxy groups -OCH3 is 1. The van der Waals surface area contributed by atoms with Crippen LogP contribution in [0.1, 0.15) is 39.0 Å². The molecule has 5 heterocycles. The van der Waals surface area contributed by atoms with E-state index in [-0.39, 0.29) is 49.3 Å². The fraction of sp³-hybridized carbons (Fsp3) is 0.385. The van der Waals surface area contributed by atoms with Crippen LogP contribution in [0, 0.1) is 5.92 Å². The number of rotatable bonds is 2. The first-order chi connectivity index (χ1) is 19.4. The molecule has 3 aromatic heterocycles. The third kappa shape index (κ3) is 4.85. The summed E-state index contributed by atoms with van der Waals surface area (Å²) < 4.78 is 15.0. The number of imidazole rings is 1. The van der Waals surface area contributed by atoms with Gasteiger partial charge in [0.25, 0.3) is 11.8 Å². The second-order valence-electron chi connectivity index (χ2n) is 9.85. The van der Waals surface area contributed by atoms with Crippen molar-refractivity contribution in [3.8, 4) is 11.5 Å². The quantitative estimate of drug-likeness (QED) is 0.387. The van der Waals surface area contributed by atoms with E-state index in [0.717, 1.165) is 4.96 Å². The number of amides is 3. The predicted molar refractivity (Wildman–Crippen MR) is 143 cm³/mol. The number of hydrogen-bond acceptors (Lipinski definition) is 9. The van der Waals surface area contributed by atoms with Gasteiger partial charge in [-0.1, -0.05) is 11.3 Å². The lowest BCUT2D eigenvalue weighted by Crippen LogP contribution is -2.37. The zero-order chi connectivity index (χ0) is 27.8. The Bertz CT molecular complexity index is 1550. The SMILES string of the molecule is COc1cccc2c1OCc1cn(nn1)[C@@H]1CN(C(=O)c3cn4ccsc4n3)C[C@@H]1CC(=O)NCCN(C)C2=O. The highest BCUT2D eigenvalue weighted by Crippen LogP contribution is 2.34. The molecule has 0 radical (unpaired) electrons. The Morgan fingerprint density at radius 3 is 2.92 bits per heavy atom. The molecule has 0 saturated carbocycles. The van der Waals surface area contributed by atoms with Gasteiger partial charge >= 0.3 is 0 Å². The molecule has 2 aliphatic rings. The van der Waals surface area contributed by atoms with E-state index in [2.05, 4.69) is 20.6 Å². The summed E-state index contributed by atoms with van der Waals surface area (Å²) >= 11 is 1.46. The van der Waals surface area contributed by atoms with E-state index < -0.39 is 0 Å². The largest absolute Gasteiger partial charge is 0.493 e. The maximum atomic E-state index is 13.4. The van der Waals surface area contributed by atoms with E-state index in [9.17, 15) is 14.4 Å². The van der Waals surface area contributed by atoms with Gasteiger partial charge < -0.3 is 24.6 Å². The van der Waals surface area contributed by atoms with E-state index in [4.69, 9.17) is 9.47 Å². The number of nitrogens with zero attached hydrogens (tertiary/aromatic N) is 7. The summed E-state index contributed by atoms with van der Waals surface area (Å²) in [6, 6.07) is 4.86. The van der Waals surface area contributed by atoms with E-state index in [1.165, 1.54) is 23.3 Å². The molecule has 208 valence electrons. The minimum Gasteiger partial charge on any atom is -0.493 e. The molecule has 0 aliphatic carbocycles. The van der Waals surface area contributed by atoms with Gasteiger partial charge in [-0.3, -0.25) is 18.8 Å². The van der Waals surface area contributed by atoms with Gasteiger partial charge in [-0.2, -0.15) is 0 Å². The first kappa shape index (κ1) is 25.8. The molecule has 13 nitrogen and oxygen atoms in total. The number of likely N-dealkylation sites (tertiary alicyclic amines) is 1. The highest BCUT2D eigenvalue weighted by atomic mass is 32.1. The minimum atomic E-state index is -0.265. The number of aromatic nitrogens is 5. The molecule has 1 saturated heterocycles. The first-order valence-corrected chi connectivity index (χ1v) is 13.7. The van der Waals surface area contributed by atoms with Gasteiger partial charge in [-0.15, -0.1) is 16.4 Å². The number of hydrogen-bond donors (Lipinski definition) is 1. The Morgan fingerprint density at radius 1 is 1.23 bits per heavy atom. The lowest BCUT2D eigenvalue weighted by Gasteiger charge is -2.21. The van der Waals surface area contributed by atoms with Crippen LogP contribution in [0.25, 0.3) is 4.96 Å². The Morgan fingerprint density at radius 2 is 2.10 bits per heavy atom. The average molecular weight is 565 g/mol. The van der Waals surface area contributed by atoms with Crippen LogP contribution in [0.5, 0.6) is 11.5 Å². The van der Waals surface area contributed by atoms with Gasteiger partial charge in [0.15, 0.2) is 16.5 Å². The lowest BCUT2D eigenvalue weighted by molar-refractivity contribution is -0.122. The monoisotopic (exact) mass is 564 g/mol. The van der Waals surface area contributed by atoms with Crippen molar-refractivity contribution in [1.29, 1.82) is 0 Å². The van der Waals surface area contributed by atoms with Gasteiger partial charge in [0.2, 0.25) is 5.91 Å². The molecule has 2 atom stereocenters. The Balaban J connectivity index is 1.28. The van der Waals surface area contributed by atoms with Gasteiger partial charge in [0.1, 0.15) is 18.0 Å². The molecule has 4 aromatic rings. The molecule has 1 N–H and O–H groups in total. The molecular formula is C26H28N8O5S. The maximum absolute atomic E-state index is 13.4. The molecule has 6 rings (SSSR count). The van der Waals surface area contributed by atoms with Crippen LogP contribution in [0.3, 0.4) is 0 Å². The van der Waals surface area contributed by atoms with Gasteiger partial charge in [-0.05, 0) is 12.1 Å². The second-order valence-corrected chi connectivity index (χ2v) is 10.7. The fourth-order valence-corrected chi connectivity index (χ4v) is 5.87. The normalized spacial score (nSPS) is 20.1. The number of nitrogens with one attached hydrogen (secondary N) is 1. The summed E-state index contributed by atoms with van der Waals surface area (Å²) in [5, 5.41) is 13.4. The van der Waals surface area contributed by atoms with Crippen molar-refractivity contribution >= 4 is 34.0 Å². The summed E-state index contributed by atoms with van der Waals surface area (Å²) in [5.41, 5.74) is 1.24. The van der Waals surface area contributed by atoms with E-state index in [1.54, 1.807) is 47.2 Å². The Kier molecular flexibility index (Phi) is 6.84. The zero-order valence-corrected chi connectivity index (χ0v) is 22.8. The third-order valence-electron chi connectivity index (χ3n) is 7.26. The van der Waals surface area contributed by atoms with Crippen LogP contribution in [0.4, 0.5) is 0 Å². The van der Waals surface area contributed by atoms with Crippen molar-refractivity contribution in [3.63, 3.8) is 0 Å². The van der Waals surface area contributed by atoms with Gasteiger partial charge in [-0.25, -0.2) is 9.67 Å². The highest BCUT2D eigenvalue weighted by molar-refractivity contribution is 7.15. The van der Waals surface area contributed by atoms with Crippen molar-refractivity contribution in [2.75, 3.05) is 40.3 Å². The number of carbonyl (C=O) groups excluding carboxylic acids is 3. The van der Waals surface area contributed by atoms with Crippen molar-refractivity contribution in [1.82, 2.24) is 39.5 Å². The minimum absolute atomic E-state index is 0.0519. The number of benzene rings is 1. The molecule has 40 heavy (non-hydrogen) atoms. The number of thiazole rings is 1. The summed E-state index contributed by atoms with van der Waals surface area (Å²) in [6.07, 6.45) is 5.53. The summed E-state index contributed by atoms with van der Waals surface area (Å²) in [4.78, 5) is 48.0. The summed E-state index contributed by atoms with van der Waals surface area (Å²) in [6.45, 7) is 1.37. The molecule has 14 heteroatoms. The molecule has 3 amide bonds. The third-order valence-corrected chi connectivity index (χ3v) is 8.03. The lowest BCUT2D eigenvalue weighted by atomic mass is 9.99. The Hall–Kier alpha value is -4.46. The number of para-hydroxylation sites is 1. The molecule has 1 aromatic carbocycles.